The van der Waals surface area contributed by atoms with Crippen LogP contribution in [0.1, 0.15) is 17.5 Å². The number of ether oxygens (including phenoxy) is 4. The molecule has 0 fully saturated rings. The van der Waals surface area contributed by atoms with Gasteiger partial charge in [0.05, 0.1) is 19.9 Å². The molecule has 2 heterocycles. The van der Waals surface area contributed by atoms with Gasteiger partial charge >= 0.3 is 0 Å². The lowest BCUT2D eigenvalue weighted by Gasteiger charge is -2.11. The molecular weight excluding hydrogens is 360 g/mol. The van der Waals surface area contributed by atoms with Crippen molar-refractivity contribution in [1.82, 2.24) is 5.32 Å². The van der Waals surface area contributed by atoms with E-state index in [-0.39, 0.29) is 12.9 Å². The molecule has 0 amide bonds. The zero-order valence-electron chi connectivity index (χ0n) is 16.1. The summed E-state index contributed by atoms with van der Waals surface area (Å²) in [5.41, 5.74) is 3.30. The van der Waals surface area contributed by atoms with E-state index in [2.05, 4.69) is 22.6 Å². The molecule has 7 nitrogen and oxygen atoms in total. The molecule has 0 saturated carbocycles. The number of hydrogen-bond donors (Lipinski definition) is 1. The number of fused-ring (bicyclic) bond motifs is 1. The van der Waals surface area contributed by atoms with Crippen molar-refractivity contribution in [3.8, 4) is 23.0 Å². The molecule has 7 heteroatoms. The molecule has 0 bridgehead atoms. The fourth-order valence-corrected chi connectivity index (χ4v) is 3.36. The maximum atomic E-state index is 5.61. The van der Waals surface area contributed by atoms with Crippen molar-refractivity contribution in [2.45, 2.75) is 25.5 Å². The fraction of sp³-hybridized carbons (Fsp3) is 0.381. The Morgan fingerprint density at radius 1 is 1.04 bits per heavy atom. The van der Waals surface area contributed by atoms with Crippen LogP contribution in [-0.2, 0) is 17.8 Å². The van der Waals surface area contributed by atoms with Crippen molar-refractivity contribution in [2.75, 3.05) is 27.6 Å². The number of nitrogens with one attached hydrogen (secondary N) is 1. The van der Waals surface area contributed by atoms with Crippen molar-refractivity contribution in [1.29, 1.82) is 0 Å². The van der Waals surface area contributed by atoms with Gasteiger partial charge in [0.1, 0.15) is 11.9 Å². The summed E-state index contributed by atoms with van der Waals surface area (Å²) in [7, 11) is 3.30. The summed E-state index contributed by atoms with van der Waals surface area (Å²) in [6.07, 6.45) is 1.55. The Morgan fingerprint density at radius 2 is 1.89 bits per heavy atom. The lowest BCUT2D eigenvalue weighted by molar-refractivity contribution is 0.0858. The molecule has 1 atom stereocenters. The van der Waals surface area contributed by atoms with Gasteiger partial charge in [0, 0.05) is 25.9 Å². The van der Waals surface area contributed by atoms with Gasteiger partial charge in [-0.05, 0) is 35.4 Å². The molecule has 2 aromatic carbocycles. The molecule has 1 unspecified atom stereocenters. The molecule has 0 radical (unpaired) electrons. The predicted octanol–water partition coefficient (Wildman–Crippen LogP) is 2.91. The first kappa shape index (κ1) is 18.4. The third-order valence-corrected chi connectivity index (χ3v) is 4.79. The third-order valence-electron chi connectivity index (χ3n) is 4.79. The number of oxime groups is 1. The minimum absolute atomic E-state index is 0.0165. The van der Waals surface area contributed by atoms with Gasteiger partial charge in [0.25, 0.3) is 0 Å². The Kier molecular flexibility index (Phi) is 5.53. The molecule has 1 N–H and O–H groups in total. The number of rotatable bonds is 8. The summed E-state index contributed by atoms with van der Waals surface area (Å²) in [5, 5.41) is 7.64. The van der Waals surface area contributed by atoms with Gasteiger partial charge in [-0.15, -0.1) is 0 Å². The Labute approximate surface area is 164 Å². The van der Waals surface area contributed by atoms with Gasteiger partial charge in [-0.1, -0.05) is 17.3 Å². The van der Waals surface area contributed by atoms with Crippen molar-refractivity contribution in [3.63, 3.8) is 0 Å². The predicted molar refractivity (Wildman–Crippen MR) is 104 cm³/mol. The smallest absolute Gasteiger partial charge is 0.231 e. The average molecular weight is 384 g/mol. The van der Waals surface area contributed by atoms with Crippen LogP contribution in [0.15, 0.2) is 41.6 Å². The zero-order valence-corrected chi connectivity index (χ0v) is 16.1. The van der Waals surface area contributed by atoms with Crippen LogP contribution in [0, 0.1) is 0 Å². The molecule has 4 rings (SSSR count). The normalized spacial score (nSPS) is 17.2. The van der Waals surface area contributed by atoms with E-state index in [0.717, 1.165) is 42.2 Å². The van der Waals surface area contributed by atoms with Crippen molar-refractivity contribution in [2.24, 2.45) is 5.16 Å². The number of methoxy groups -OCH3 is 2. The highest BCUT2D eigenvalue weighted by Crippen LogP contribution is 2.42. The molecule has 2 aliphatic heterocycles. The summed E-state index contributed by atoms with van der Waals surface area (Å²) in [5.74, 6) is 2.93. The van der Waals surface area contributed by atoms with E-state index in [0.29, 0.717) is 18.0 Å². The second-order valence-electron chi connectivity index (χ2n) is 6.78. The van der Waals surface area contributed by atoms with Crippen LogP contribution in [0.3, 0.4) is 0 Å². The van der Waals surface area contributed by atoms with E-state index in [4.69, 9.17) is 23.8 Å². The lowest BCUT2D eigenvalue weighted by Crippen LogP contribution is -2.23. The fourth-order valence-electron chi connectivity index (χ4n) is 3.36. The molecule has 2 aromatic rings. The van der Waals surface area contributed by atoms with Gasteiger partial charge in [-0.2, -0.15) is 0 Å². The first-order valence-corrected chi connectivity index (χ1v) is 9.27. The summed E-state index contributed by atoms with van der Waals surface area (Å²) < 4.78 is 21.5. The van der Waals surface area contributed by atoms with Crippen LogP contribution in [0.25, 0.3) is 0 Å². The standard InChI is InChI=1S/C21H24N2O5/c1-24-17-5-3-14(4-6-17)11-22-12-16-10-18(28-23-16)7-15-8-19(25-2)21-20(9-15)26-13-27-21/h3-6,8-9,18,22H,7,10-13H2,1-2H3. The van der Waals surface area contributed by atoms with Crippen LogP contribution in [0.5, 0.6) is 23.0 Å². The van der Waals surface area contributed by atoms with Gasteiger partial charge in [0.15, 0.2) is 11.5 Å². The molecule has 0 aromatic heterocycles. The Hall–Kier alpha value is -2.93. The number of benzene rings is 2. The molecule has 2 aliphatic rings. The van der Waals surface area contributed by atoms with Gasteiger partial charge in [-0.3, -0.25) is 0 Å². The quantitative estimate of drug-likeness (QED) is 0.755. The van der Waals surface area contributed by atoms with Gasteiger partial charge < -0.3 is 29.1 Å². The minimum Gasteiger partial charge on any atom is -0.497 e. The van der Waals surface area contributed by atoms with Crippen LogP contribution >= 0.6 is 0 Å². The van der Waals surface area contributed by atoms with Gasteiger partial charge in [0.2, 0.25) is 12.5 Å². The maximum absolute atomic E-state index is 5.61. The van der Waals surface area contributed by atoms with Crippen LogP contribution in [0.4, 0.5) is 0 Å². The van der Waals surface area contributed by atoms with Crippen molar-refractivity contribution >= 4 is 5.71 Å². The average Bonchev–Trinajstić information content (AvgIpc) is 3.37. The SMILES string of the molecule is COc1ccc(CNCC2=NOC(Cc3cc(OC)c4c(c3)OCO4)C2)cc1. The van der Waals surface area contributed by atoms with E-state index in [1.807, 2.05) is 24.3 Å². The van der Waals surface area contributed by atoms with E-state index < -0.39 is 0 Å². The highest BCUT2D eigenvalue weighted by molar-refractivity contribution is 5.87. The van der Waals surface area contributed by atoms with Crippen molar-refractivity contribution < 1.29 is 23.8 Å². The topological polar surface area (TPSA) is 70.5 Å². The Balaban J connectivity index is 1.26. The first-order valence-electron chi connectivity index (χ1n) is 9.27. The van der Waals surface area contributed by atoms with E-state index >= 15 is 0 Å². The summed E-state index contributed by atoms with van der Waals surface area (Å²) >= 11 is 0. The molecule has 148 valence electrons. The van der Waals surface area contributed by atoms with E-state index in [1.165, 1.54) is 5.56 Å². The zero-order chi connectivity index (χ0) is 19.3. The summed E-state index contributed by atoms with van der Waals surface area (Å²) in [4.78, 5) is 5.61. The highest BCUT2D eigenvalue weighted by Gasteiger charge is 2.24. The number of hydrogen-bond acceptors (Lipinski definition) is 7. The van der Waals surface area contributed by atoms with E-state index in [1.54, 1.807) is 14.2 Å². The lowest BCUT2D eigenvalue weighted by atomic mass is 10.0. The second-order valence-corrected chi connectivity index (χ2v) is 6.78. The largest absolute Gasteiger partial charge is 0.497 e. The summed E-state index contributed by atoms with van der Waals surface area (Å²) in [6, 6.07) is 12.0. The second kappa shape index (κ2) is 8.39. The van der Waals surface area contributed by atoms with Crippen LogP contribution < -0.4 is 24.3 Å². The Bertz CT molecular complexity index is 851. The Morgan fingerprint density at radius 3 is 2.68 bits per heavy atom. The molecule has 0 spiro atoms. The minimum atomic E-state index is 0.0165. The van der Waals surface area contributed by atoms with Crippen molar-refractivity contribution in [3.05, 3.63) is 47.5 Å². The maximum Gasteiger partial charge on any atom is 0.231 e. The molecule has 0 aliphatic carbocycles. The third kappa shape index (κ3) is 4.14. The van der Waals surface area contributed by atoms with Crippen LogP contribution in [-0.4, -0.2) is 39.4 Å². The van der Waals surface area contributed by atoms with Gasteiger partial charge in [-0.25, -0.2) is 0 Å². The molecular formula is C21H24N2O5. The van der Waals surface area contributed by atoms with Crippen LogP contribution in [0.2, 0.25) is 0 Å². The van der Waals surface area contributed by atoms with E-state index in [9.17, 15) is 0 Å². The first-order chi connectivity index (χ1) is 13.7. The summed E-state index contributed by atoms with van der Waals surface area (Å²) in [6.45, 7) is 1.70. The highest BCUT2D eigenvalue weighted by atomic mass is 16.7. The number of nitrogens with zero attached hydrogens (tertiary/aromatic N) is 1. The molecule has 28 heavy (non-hydrogen) atoms. The monoisotopic (exact) mass is 384 g/mol. The molecule has 0 saturated heterocycles.